The summed E-state index contributed by atoms with van der Waals surface area (Å²) in [5.41, 5.74) is 3.13. The van der Waals surface area contributed by atoms with E-state index in [-0.39, 0.29) is 11.6 Å². The number of benzene rings is 2. The van der Waals surface area contributed by atoms with Crippen LogP contribution in [0.25, 0.3) is 0 Å². The molecule has 0 aliphatic heterocycles. The molecule has 8 nitrogen and oxygen atoms in total. The van der Waals surface area contributed by atoms with Crippen LogP contribution in [0.3, 0.4) is 0 Å². The summed E-state index contributed by atoms with van der Waals surface area (Å²) in [6.07, 6.45) is 1.29. The highest BCUT2D eigenvalue weighted by Gasteiger charge is 2.15. The van der Waals surface area contributed by atoms with E-state index < -0.39 is 16.9 Å². The first kappa shape index (κ1) is 17.8. The van der Waals surface area contributed by atoms with Crippen molar-refractivity contribution in [3.63, 3.8) is 0 Å². The SMILES string of the molecule is C[C@H](NC(=O)c1ccccc1)C(=O)N/N=C\c1cccc([N+](=O)[O-])c1. The largest absolute Gasteiger partial charge is 0.340 e. The number of carbonyl (C=O) groups excluding carboxylic acids is 2. The molecule has 0 saturated heterocycles. The predicted molar refractivity (Wildman–Crippen MR) is 92.2 cm³/mol. The number of hydrogen-bond acceptors (Lipinski definition) is 5. The molecule has 0 aromatic heterocycles. The Morgan fingerprint density at radius 1 is 1.16 bits per heavy atom. The van der Waals surface area contributed by atoms with Gasteiger partial charge in [0.05, 0.1) is 11.1 Å². The number of carbonyl (C=O) groups is 2. The first-order valence-electron chi connectivity index (χ1n) is 7.40. The third-order valence-electron chi connectivity index (χ3n) is 3.25. The Kier molecular flexibility index (Phi) is 5.94. The summed E-state index contributed by atoms with van der Waals surface area (Å²) in [6.45, 7) is 1.53. The van der Waals surface area contributed by atoms with Gasteiger partial charge in [0.25, 0.3) is 17.5 Å². The van der Waals surface area contributed by atoms with Crippen LogP contribution in [-0.4, -0.2) is 29.0 Å². The lowest BCUT2D eigenvalue weighted by Gasteiger charge is -2.12. The molecule has 128 valence electrons. The molecule has 8 heteroatoms. The molecular formula is C17H16N4O4. The topological polar surface area (TPSA) is 114 Å². The molecule has 1 atom stereocenters. The van der Waals surface area contributed by atoms with Gasteiger partial charge in [0.15, 0.2) is 0 Å². The Morgan fingerprint density at radius 3 is 2.56 bits per heavy atom. The number of nitrogens with zero attached hydrogens (tertiary/aromatic N) is 2. The van der Waals surface area contributed by atoms with E-state index in [2.05, 4.69) is 15.8 Å². The summed E-state index contributed by atoms with van der Waals surface area (Å²) in [6, 6.07) is 13.5. The smallest absolute Gasteiger partial charge is 0.270 e. The van der Waals surface area contributed by atoms with Crippen LogP contribution in [-0.2, 0) is 4.79 Å². The van der Waals surface area contributed by atoms with Gasteiger partial charge in [0, 0.05) is 23.3 Å². The summed E-state index contributed by atoms with van der Waals surface area (Å²) in [5, 5.41) is 17.0. The van der Waals surface area contributed by atoms with Gasteiger partial charge >= 0.3 is 0 Å². The van der Waals surface area contributed by atoms with Crippen LogP contribution in [0.5, 0.6) is 0 Å². The van der Waals surface area contributed by atoms with Gasteiger partial charge in [-0.25, -0.2) is 5.43 Å². The second kappa shape index (κ2) is 8.34. The Labute approximate surface area is 143 Å². The summed E-state index contributed by atoms with van der Waals surface area (Å²) >= 11 is 0. The van der Waals surface area contributed by atoms with Crippen LogP contribution >= 0.6 is 0 Å². The lowest BCUT2D eigenvalue weighted by molar-refractivity contribution is -0.384. The third kappa shape index (κ3) is 5.24. The standard InChI is InChI=1S/C17H16N4O4/c1-12(19-17(23)14-7-3-2-4-8-14)16(22)20-18-11-13-6-5-9-15(10-13)21(24)25/h2-12H,1H3,(H,19,23)(H,20,22)/b18-11-/t12-/m0/s1. The maximum Gasteiger partial charge on any atom is 0.270 e. The molecular weight excluding hydrogens is 324 g/mol. The van der Waals surface area contributed by atoms with Crippen molar-refractivity contribution >= 4 is 23.7 Å². The molecule has 2 rings (SSSR count). The van der Waals surface area contributed by atoms with E-state index in [1.807, 2.05) is 0 Å². The monoisotopic (exact) mass is 340 g/mol. The van der Waals surface area contributed by atoms with Gasteiger partial charge in [-0.2, -0.15) is 5.10 Å². The summed E-state index contributed by atoms with van der Waals surface area (Å²) < 4.78 is 0. The van der Waals surface area contributed by atoms with Crippen LogP contribution in [0.2, 0.25) is 0 Å². The molecule has 0 spiro atoms. The van der Waals surface area contributed by atoms with Gasteiger partial charge in [-0.1, -0.05) is 30.3 Å². The Bertz CT molecular complexity index is 805. The van der Waals surface area contributed by atoms with Crippen molar-refractivity contribution in [2.24, 2.45) is 5.10 Å². The fraction of sp³-hybridized carbons (Fsp3) is 0.118. The maximum atomic E-state index is 12.0. The molecule has 0 heterocycles. The van der Waals surface area contributed by atoms with Gasteiger partial charge in [0.2, 0.25) is 0 Å². The van der Waals surface area contributed by atoms with Crippen molar-refractivity contribution < 1.29 is 14.5 Å². The van der Waals surface area contributed by atoms with Crippen LogP contribution in [0.15, 0.2) is 59.7 Å². The third-order valence-corrected chi connectivity index (χ3v) is 3.25. The molecule has 0 saturated carbocycles. The lowest BCUT2D eigenvalue weighted by Crippen LogP contribution is -2.43. The van der Waals surface area contributed by atoms with Crippen molar-refractivity contribution in [2.45, 2.75) is 13.0 Å². The quantitative estimate of drug-likeness (QED) is 0.474. The van der Waals surface area contributed by atoms with Crippen LogP contribution in [0, 0.1) is 10.1 Å². The summed E-state index contributed by atoms with van der Waals surface area (Å²) in [5.74, 6) is -0.878. The number of hydrogen-bond donors (Lipinski definition) is 2. The molecule has 0 bridgehead atoms. The highest BCUT2D eigenvalue weighted by atomic mass is 16.6. The van der Waals surface area contributed by atoms with E-state index in [0.29, 0.717) is 11.1 Å². The minimum absolute atomic E-state index is 0.0706. The number of amides is 2. The number of non-ortho nitro benzene ring substituents is 1. The van der Waals surface area contributed by atoms with Gasteiger partial charge in [-0.15, -0.1) is 0 Å². The lowest BCUT2D eigenvalue weighted by atomic mass is 10.2. The normalized spacial score (nSPS) is 11.7. The molecule has 0 aliphatic rings. The van der Waals surface area contributed by atoms with Gasteiger partial charge in [-0.3, -0.25) is 19.7 Å². The number of nitrogens with one attached hydrogen (secondary N) is 2. The molecule has 0 fully saturated rings. The number of nitro benzene ring substituents is 1. The summed E-state index contributed by atoms with van der Waals surface area (Å²) in [4.78, 5) is 34.1. The Hall–Kier alpha value is -3.55. The van der Waals surface area contributed by atoms with Crippen molar-refractivity contribution in [1.29, 1.82) is 0 Å². The van der Waals surface area contributed by atoms with Gasteiger partial charge in [0.1, 0.15) is 6.04 Å². The highest BCUT2D eigenvalue weighted by molar-refractivity contribution is 5.97. The number of rotatable bonds is 6. The fourth-order valence-corrected chi connectivity index (χ4v) is 1.92. The van der Waals surface area contributed by atoms with Crippen molar-refractivity contribution in [3.05, 3.63) is 75.8 Å². The summed E-state index contributed by atoms with van der Waals surface area (Å²) in [7, 11) is 0. The Balaban J connectivity index is 1.90. The van der Waals surface area contributed by atoms with Crippen molar-refractivity contribution in [1.82, 2.24) is 10.7 Å². The minimum atomic E-state index is -0.796. The highest BCUT2D eigenvalue weighted by Crippen LogP contribution is 2.11. The molecule has 2 amide bonds. The second-order valence-corrected chi connectivity index (χ2v) is 5.15. The molecule has 0 aliphatic carbocycles. The van der Waals surface area contributed by atoms with Crippen LogP contribution in [0.1, 0.15) is 22.8 Å². The maximum absolute atomic E-state index is 12.0. The number of nitro groups is 1. The van der Waals surface area contributed by atoms with Crippen LogP contribution in [0.4, 0.5) is 5.69 Å². The van der Waals surface area contributed by atoms with Gasteiger partial charge < -0.3 is 5.32 Å². The van der Waals surface area contributed by atoms with E-state index >= 15 is 0 Å². The van der Waals surface area contributed by atoms with E-state index in [1.165, 1.54) is 31.3 Å². The van der Waals surface area contributed by atoms with Crippen LogP contribution < -0.4 is 10.7 Å². The van der Waals surface area contributed by atoms with Gasteiger partial charge in [-0.05, 0) is 19.1 Å². The average Bonchev–Trinajstić information content (AvgIpc) is 2.62. The zero-order valence-electron chi connectivity index (χ0n) is 13.4. The molecule has 0 unspecified atom stereocenters. The molecule has 2 aromatic carbocycles. The minimum Gasteiger partial charge on any atom is -0.340 e. The van der Waals surface area contributed by atoms with Crippen molar-refractivity contribution in [3.8, 4) is 0 Å². The predicted octanol–water partition coefficient (Wildman–Crippen LogP) is 1.86. The second-order valence-electron chi connectivity index (χ2n) is 5.15. The van der Waals surface area contributed by atoms with Crippen molar-refractivity contribution in [2.75, 3.05) is 0 Å². The zero-order chi connectivity index (χ0) is 18.2. The first-order chi connectivity index (χ1) is 12.0. The molecule has 2 aromatic rings. The molecule has 0 radical (unpaired) electrons. The fourth-order valence-electron chi connectivity index (χ4n) is 1.92. The van der Waals surface area contributed by atoms with E-state index in [4.69, 9.17) is 0 Å². The molecule has 2 N–H and O–H groups in total. The number of hydrazone groups is 1. The van der Waals surface area contributed by atoms with E-state index in [1.54, 1.807) is 36.4 Å². The Morgan fingerprint density at radius 2 is 1.88 bits per heavy atom. The first-order valence-corrected chi connectivity index (χ1v) is 7.40. The average molecular weight is 340 g/mol. The van der Waals surface area contributed by atoms with E-state index in [0.717, 1.165) is 0 Å². The zero-order valence-corrected chi connectivity index (χ0v) is 13.4. The van der Waals surface area contributed by atoms with E-state index in [9.17, 15) is 19.7 Å². The molecule has 25 heavy (non-hydrogen) atoms.